The van der Waals surface area contributed by atoms with E-state index in [1.54, 1.807) is 6.07 Å². The van der Waals surface area contributed by atoms with E-state index in [1.165, 1.54) is 35.0 Å². The smallest absolute Gasteiger partial charge is 0.343 e. The van der Waals surface area contributed by atoms with Crippen LogP contribution in [-0.4, -0.2) is 22.5 Å². The molecule has 2 heterocycles. The predicted octanol–water partition coefficient (Wildman–Crippen LogP) is 3.70. The van der Waals surface area contributed by atoms with Gasteiger partial charge in [-0.3, -0.25) is 19.5 Å². The van der Waals surface area contributed by atoms with Crippen molar-refractivity contribution in [1.82, 2.24) is 15.3 Å². The van der Waals surface area contributed by atoms with Crippen molar-refractivity contribution in [2.45, 2.75) is 13.0 Å². The van der Waals surface area contributed by atoms with E-state index in [0.717, 1.165) is 10.6 Å². The molecule has 166 valence electrons. The number of pyridine rings is 1. The van der Waals surface area contributed by atoms with Crippen LogP contribution in [-0.2, 0) is 4.79 Å². The third kappa shape index (κ3) is 4.40. The lowest BCUT2D eigenvalue weighted by atomic mass is 10.2. The van der Waals surface area contributed by atoms with Crippen molar-refractivity contribution < 1.29 is 14.3 Å². The first kappa shape index (κ1) is 22.4. The van der Waals surface area contributed by atoms with Gasteiger partial charge in [-0.1, -0.05) is 41.4 Å². The fourth-order valence-corrected chi connectivity index (χ4v) is 3.75. The Morgan fingerprint density at radius 2 is 1.76 bits per heavy atom. The summed E-state index contributed by atoms with van der Waals surface area (Å²) in [5.41, 5.74) is 4.04. The highest BCUT2D eigenvalue weighted by molar-refractivity contribution is 6.37. The quantitative estimate of drug-likeness (QED) is 0.584. The van der Waals surface area contributed by atoms with Crippen molar-refractivity contribution in [3.05, 3.63) is 80.7 Å². The van der Waals surface area contributed by atoms with Gasteiger partial charge >= 0.3 is 6.03 Å². The van der Waals surface area contributed by atoms with Crippen LogP contribution in [0.15, 0.2) is 59.5 Å². The molecule has 1 atom stereocenters. The Morgan fingerprint density at radius 1 is 1.06 bits per heavy atom. The summed E-state index contributed by atoms with van der Waals surface area (Å²) in [7, 11) is 0. The zero-order valence-electron chi connectivity index (χ0n) is 17.0. The number of carbonyl (C=O) groups is 2. The molecule has 0 aliphatic carbocycles. The SMILES string of the molecule is Cc1ccccc1-n1cc(Oc2c(Cl)cc(N3NC(C#N)C(=O)NC3=O)cc2Cl)ccc1=O. The molecule has 0 saturated carbocycles. The third-order valence-electron chi connectivity index (χ3n) is 4.80. The Balaban J connectivity index is 1.66. The van der Waals surface area contributed by atoms with Crippen molar-refractivity contribution in [3.8, 4) is 23.3 Å². The molecule has 1 aliphatic heterocycles. The number of aryl methyl sites for hydroxylation is 1. The van der Waals surface area contributed by atoms with Gasteiger partial charge in [0, 0.05) is 6.07 Å². The summed E-state index contributed by atoms with van der Waals surface area (Å²) in [6, 6.07) is 12.7. The molecule has 1 saturated heterocycles. The minimum Gasteiger partial charge on any atom is -0.453 e. The van der Waals surface area contributed by atoms with Gasteiger partial charge in [-0.05, 0) is 36.8 Å². The number of hydrazine groups is 1. The minimum atomic E-state index is -1.27. The van der Waals surface area contributed by atoms with Crippen LogP contribution in [0.3, 0.4) is 0 Å². The Bertz CT molecular complexity index is 1360. The number of imide groups is 1. The summed E-state index contributed by atoms with van der Waals surface area (Å²) in [6.07, 6.45) is 1.52. The zero-order valence-corrected chi connectivity index (χ0v) is 18.5. The highest BCUT2D eigenvalue weighted by atomic mass is 35.5. The number of halogens is 2. The summed E-state index contributed by atoms with van der Waals surface area (Å²) < 4.78 is 7.30. The maximum absolute atomic E-state index is 12.4. The van der Waals surface area contributed by atoms with Crippen LogP contribution in [0.2, 0.25) is 10.0 Å². The number of aromatic nitrogens is 1. The van der Waals surface area contributed by atoms with E-state index in [9.17, 15) is 14.4 Å². The molecule has 9 nitrogen and oxygen atoms in total. The van der Waals surface area contributed by atoms with Gasteiger partial charge in [-0.25, -0.2) is 9.80 Å². The molecule has 3 amide bonds. The van der Waals surface area contributed by atoms with E-state index < -0.39 is 18.0 Å². The molecule has 4 rings (SSSR count). The van der Waals surface area contributed by atoms with Crippen LogP contribution in [0.1, 0.15) is 5.56 Å². The van der Waals surface area contributed by atoms with E-state index in [0.29, 0.717) is 11.4 Å². The standard InChI is InChI=1S/C22H15Cl2N5O4/c1-12-4-2-3-5-18(12)28-11-14(6-7-19(28)30)33-20-15(23)8-13(9-16(20)24)29-22(32)26-21(31)17(10-25)27-29/h2-9,11,17,27H,1H3,(H,26,31,32). The average molecular weight is 484 g/mol. The summed E-state index contributed by atoms with van der Waals surface area (Å²) in [5.74, 6) is -0.361. The van der Waals surface area contributed by atoms with Crippen molar-refractivity contribution in [3.63, 3.8) is 0 Å². The second kappa shape index (κ2) is 8.96. The lowest BCUT2D eigenvalue weighted by Crippen LogP contribution is -2.64. The van der Waals surface area contributed by atoms with Gasteiger partial charge in [-0.2, -0.15) is 10.7 Å². The lowest BCUT2D eigenvalue weighted by molar-refractivity contribution is -0.121. The number of para-hydroxylation sites is 1. The number of carbonyl (C=O) groups excluding carboxylic acids is 2. The fraction of sp³-hybridized carbons (Fsp3) is 0.0909. The lowest BCUT2D eigenvalue weighted by Gasteiger charge is -2.30. The topological polar surface area (TPSA) is 116 Å². The Morgan fingerprint density at radius 3 is 2.42 bits per heavy atom. The number of benzene rings is 2. The molecule has 1 aromatic heterocycles. The molecule has 3 aromatic rings. The van der Waals surface area contributed by atoms with Gasteiger partial charge in [0.25, 0.3) is 11.5 Å². The second-order valence-electron chi connectivity index (χ2n) is 7.02. The molecule has 1 aliphatic rings. The van der Waals surface area contributed by atoms with Crippen LogP contribution in [0.4, 0.5) is 10.5 Å². The largest absolute Gasteiger partial charge is 0.453 e. The minimum absolute atomic E-state index is 0.0612. The number of urea groups is 1. The number of amides is 3. The van der Waals surface area contributed by atoms with Crippen LogP contribution in [0, 0.1) is 18.3 Å². The highest BCUT2D eigenvalue weighted by Crippen LogP contribution is 2.39. The Labute approximate surface area is 197 Å². The molecule has 2 aromatic carbocycles. The van der Waals surface area contributed by atoms with E-state index in [2.05, 4.69) is 10.7 Å². The summed E-state index contributed by atoms with van der Waals surface area (Å²) in [6.45, 7) is 1.89. The molecule has 2 N–H and O–H groups in total. The fourth-order valence-electron chi connectivity index (χ4n) is 3.20. The summed E-state index contributed by atoms with van der Waals surface area (Å²) in [4.78, 5) is 36.2. The first-order chi connectivity index (χ1) is 15.8. The van der Waals surface area contributed by atoms with Crippen LogP contribution >= 0.6 is 23.2 Å². The maximum Gasteiger partial charge on any atom is 0.343 e. The Hall–Kier alpha value is -3.84. The summed E-state index contributed by atoms with van der Waals surface area (Å²) >= 11 is 12.7. The first-order valence-corrected chi connectivity index (χ1v) is 10.3. The van der Waals surface area contributed by atoms with Gasteiger partial charge in [0.2, 0.25) is 0 Å². The number of nitrogens with zero attached hydrogens (tertiary/aromatic N) is 3. The van der Waals surface area contributed by atoms with Gasteiger partial charge in [0.1, 0.15) is 5.75 Å². The Kier molecular flexibility index (Phi) is 6.07. The van der Waals surface area contributed by atoms with Crippen LogP contribution in [0.25, 0.3) is 5.69 Å². The number of nitriles is 1. The number of anilines is 1. The molecular weight excluding hydrogens is 469 g/mol. The van der Waals surface area contributed by atoms with Crippen molar-refractivity contribution in [2.24, 2.45) is 0 Å². The number of ether oxygens (including phenoxy) is 1. The summed E-state index contributed by atoms with van der Waals surface area (Å²) in [5, 5.41) is 12.2. The van der Waals surface area contributed by atoms with Crippen molar-refractivity contribution in [2.75, 3.05) is 5.01 Å². The highest BCUT2D eigenvalue weighted by Gasteiger charge is 2.33. The maximum atomic E-state index is 12.4. The zero-order chi connectivity index (χ0) is 23.7. The number of rotatable bonds is 4. The van der Waals surface area contributed by atoms with Crippen molar-refractivity contribution in [1.29, 1.82) is 5.26 Å². The third-order valence-corrected chi connectivity index (χ3v) is 5.36. The van der Waals surface area contributed by atoms with Gasteiger partial charge in [-0.15, -0.1) is 0 Å². The number of nitrogens with one attached hydrogen (secondary N) is 2. The molecule has 0 radical (unpaired) electrons. The molecular formula is C22H15Cl2N5O4. The van der Waals surface area contributed by atoms with Crippen LogP contribution in [0.5, 0.6) is 11.5 Å². The first-order valence-electron chi connectivity index (χ1n) is 9.55. The van der Waals surface area contributed by atoms with E-state index in [4.69, 9.17) is 33.2 Å². The molecule has 0 spiro atoms. The van der Waals surface area contributed by atoms with E-state index in [1.807, 2.05) is 31.2 Å². The normalized spacial score (nSPS) is 15.7. The predicted molar refractivity (Wildman–Crippen MR) is 122 cm³/mol. The van der Waals surface area contributed by atoms with E-state index >= 15 is 0 Å². The van der Waals surface area contributed by atoms with E-state index in [-0.39, 0.29) is 27.0 Å². The molecule has 0 bridgehead atoms. The van der Waals surface area contributed by atoms with Gasteiger partial charge in [0.05, 0.1) is 33.7 Å². The van der Waals surface area contributed by atoms with Gasteiger partial charge in [0.15, 0.2) is 11.8 Å². The molecule has 1 fully saturated rings. The molecule has 11 heteroatoms. The number of hydrogen-bond donors (Lipinski definition) is 2. The van der Waals surface area contributed by atoms with Gasteiger partial charge < -0.3 is 4.74 Å². The average Bonchev–Trinajstić information content (AvgIpc) is 2.78. The monoisotopic (exact) mass is 483 g/mol. The second-order valence-corrected chi connectivity index (χ2v) is 7.84. The van der Waals surface area contributed by atoms with Crippen molar-refractivity contribution >= 4 is 40.8 Å². The molecule has 33 heavy (non-hydrogen) atoms. The number of hydrogen-bond acceptors (Lipinski definition) is 6. The molecule has 1 unspecified atom stereocenters. The van der Waals surface area contributed by atoms with Crippen LogP contribution < -0.4 is 26.0 Å².